The lowest BCUT2D eigenvalue weighted by molar-refractivity contribution is -0.119. The van der Waals surface area contributed by atoms with Gasteiger partial charge in [-0.2, -0.15) is 5.10 Å². The summed E-state index contributed by atoms with van der Waals surface area (Å²) in [5.74, 6) is -0.393. The van der Waals surface area contributed by atoms with Gasteiger partial charge in [-0.15, -0.1) is 12.4 Å². The van der Waals surface area contributed by atoms with Gasteiger partial charge in [-0.05, 0) is 0 Å². The van der Waals surface area contributed by atoms with Crippen LogP contribution < -0.4 is 15.4 Å². The zero-order valence-corrected chi connectivity index (χ0v) is 14.2. The van der Waals surface area contributed by atoms with Gasteiger partial charge in [0.05, 0.1) is 19.3 Å². The number of methoxy groups -OCH3 is 1. The molecule has 1 aromatic heterocycles. The molecule has 0 atom stereocenters. The van der Waals surface area contributed by atoms with E-state index in [4.69, 9.17) is 4.74 Å². The number of hydrogen-bond acceptors (Lipinski definition) is 6. The fourth-order valence-corrected chi connectivity index (χ4v) is 2.40. The van der Waals surface area contributed by atoms with E-state index in [2.05, 4.69) is 20.5 Å². The number of ether oxygens (including phenoxy) is 1. The summed E-state index contributed by atoms with van der Waals surface area (Å²) < 4.78 is 32.1. The standard InChI is InChI=1S/C11H21N5O4S.ClH/c1-16-9-10(7-14-16)21(18,19)15-8-11(17)13-4-3-12-5-6-20-2;/h7,9,12,15H,3-6,8H2,1-2H3,(H,13,17);1H. The van der Waals surface area contributed by atoms with Crippen molar-refractivity contribution in [2.24, 2.45) is 7.05 Å². The first-order valence-electron chi connectivity index (χ1n) is 6.40. The maximum atomic E-state index is 11.8. The van der Waals surface area contributed by atoms with Crippen molar-refractivity contribution in [3.05, 3.63) is 12.4 Å². The molecule has 128 valence electrons. The van der Waals surface area contributed by atoms with E-state index in [1.54, 1.807) is 14.2 Å². The zero-order valence-electron chi connectivity index (χ0n) is 12.5. The van der Waals surface area contributed by atoms with Crippen molar-refractivity contribution >= 4 is 28.3 Å². The Morgan fingerprint density at radius 1 is 1.36 bits per heavy atom. The van der Waals surface area contributed by atoms with Crippen molar-refractivity contribution in [1.29, 1.82) is 0 Å². The van der Waals surface area contributed by atoms with Crippen LogP contribution in [0.15, 0.2) is 17.3 Å². The SMILES string of the molecule is COCCNCCNC(=O)CNS(=O)(=O)c1cnn(C)c1.Cl. The largest absolute Gasteiger partial charge is 0.383 e. The van der Waals surface area contributed by atoms with Crippen LogP contribution in [0.5, 0.6) is 0 Å². The number of carbonyl (C=O) groups excluding carboxylic acids is 1. The van der Waals surface area contributed by atoms with Crippen molar-refractivity contribution in [3.8, 4) is 0 Å². The second kappa shape index (κ2) is 10.5. The first-order chi connectivity index (χ1) is 9.95. The lowest BCUT2D eigenvalue weighted by Gasteiger charge is -2.07. The molecule has 9 nitrogen and oxygen atoms in total. The van der Waals surface area contributed by atoms with Crippen LogP contribution in [0.4, 0.5) is 0 Å². The van der Waals surface area contributed by atoms with E-state index in [0.717, 1.165) is 0 Å². The van der Waals surface area contributed by atoms with Gasteiger partial charge in [-0.1, -0.05) is 0 Å². The maximum absolute atomic E-state index is 11.8. The molecule has 0 aliphatic rings. The third-order valence-corrected chi connectivity index (χ3v) is 3.88. The highest BCUT2D eigenvalue weighted by molar-refractivity contribution is 7.89. The number of sulfonamides is 1. The van der Waals surface area contributed by atoms with E-state index in [1.165, 1.54) is 17.1 Å². The topological polar surface area (TPSA) is 114 Å². The van der Waals surface area contributed by atoms with Crippen LogP contribution in [0.25, 0.3) is 0 Å². The summed E-state index contributed by atoms with van der Waals surface area (Å²) in [6.45, 7) is 1.98. The molecule has 11 heteroatoms. The van der Waals surface area contributed by atoms with Crippen LogP contribution in [-0.2, 0) is 26.6 Å². The third kappa shape index (κ3) is 7.71. The number of rotatable bonds is 10. The zero-order chi connectivity index (χ0) is 15.7. The van der Waals surface area contributed by atoms with E-state index in [1.807, 2.05) is 0 Å². The number of halogens is 1. The lowest BCUT2D eigenvalue weighted by Crippen LogP contribution is -2.39. The molecule has 1 aromatic rings. The molecule has 22 heavy (non-hydrogen) atoms. The highest BCUT2D eigenvalue weighted by atomic mass is 35.5. The van der Waals surface area contributed by atoms with Gasteiger partial charge in [0.25, 0.3) is 0 Å². The van der Waals surface area contributed by atoms with Crippen LogP contribution >= 0.6 is 12.4 Å². The fraction of sp³-hybridized carbons (Fsp3) is 0.636. The number of aryl methyl sites for hydroxylation is 1. The average molecular weight is 356 g/mol. The van der Waals surface area contributed by atoms with Gasteiger partial charge in [0, 0.05) is 40.0 Å². The Bertz CT molecular complexity index is 548. The molecule has 0 aromatic carbocycles. The van der Waals surface area contributed by atoms with E-state index in [-0.39, 0.29) is 23.8 Å². The molecule has 1 amide bonds. The fourth-order valence-electron chi connectivity index (χ4n) is 1.43. The van der Waals surface area contributed by atoms with Crippen molar-refractivity contribution < 1.29 is 17.9 Å². The molecule has 0 aliphatic carbocycles. The van der Waals surface area contributed by atoms with Gasteiger partial charge in [-0.25, -0.2) is 13.1 Å². The van der Waals surface area contributed by atoms with Gasteiger partial charge in [0.15, 0.2) is 0 Å². The summed E-state index contributed by atoms with van der Waals surface area (Å²) in [4.78, 5) is 11.5. The number of aromatic nitrogens is 2. The second-order valence-corrected chi connectivity index (χ2v) is 6.03. The Balaban J connectivity index is 0.00000441. The van der Waals surface area contributed by atoms with Gasteiger partial charge in [-0.3, -0.25) is 9.48 Å². The minimum Gasteiger partial charge on any atom is -0.383 e. The lowest BCUT2D eigenvalue weighted by atomic mass is 10.5. The Morgan fingerprint density at radius 2 is 2.09 bits per heavy atom. The average Bonchev–Trinajstić information content (AvgIpc) is 2.88. The molecule has 1 heterocycles. The molecule has 0 unspecified atom stereocenters. The summed E-state index contributed by atoms with van der Waals surface area (Å²) in [7, 11) is -0.481. The summed E-state index contributed by atoms with van der Waals surface area (Å²) in [6.07, 6.45) is 2.58. The van der Waals surface area contributed by atoms with Crippen molar-refractivity contribution in [2.75, 3.05) is 39.9 Å². The first-order valence-corrected chi connectivity index (χ1v) is 7.88. The summed E-state index contributed by atoms with van der Waals surface area (Å²) in [6, 6.07) is 0. The van der Waals surface area contributed by atoms with Gasteiger partial charge in [0.2, 0.25) is 15.9 Å². The molecular formula is C11H22ClN5O4S. The van der Waals surface area contributed by atoms with E-state index >= 15 is 0 Å². The second-order valence-electron chi connectivity index (χ2n) is 4.27. The van der Waals surface area contributed by atoms with Crippen molar-refractivity contribution in [3.63, 3.8) is 0 Å². The molecule has 0 spiro atoms. The van der Waals surface area contributed by atoms with Crippen LogP contribution in [0.1, 0.15) is 0 Å². The number of hydrogen-bond donors (Lipinski definition) is 3. The minimum absolute atomic E-state index is 0. The summed E-state index contributed by atoms with van der Waals surface area (Å²) in [5, 5.41) is 9.43. The number of nitrogens with zero attached hydrogens (tertiary/aromatic N) is 2. The molecule has 0 bridgehead atoms. The summed E-state index contributed by atoms with van der Waals surface area (Å²) in [5.41, 5.74) is 0. The van der Waals surface area contributed by atoms with E-state index in [0.29, 0.717) is 26.2 Å². The van der Waals surface area contributed by atoms with Crippen molar-refractivity contribution in [2.45, 2.75) is 4.90 Å². The van der Waals surface area contributed by atoms with E-state index in [9.17, 15) is 13.2 Å². The quantitative estimate of drug-likeness (QED) is 0.439. The Labute approximate surface area is 136 Å². The predicted molar refractivity (Wildman–Crippen MR) is 83.4 cm³/mol. The third-order valence-electron chi connectivity index (χ3n) is 2.52. The molecule has 3 N–H and O–H groups in total. The van der Waals surface area contributed by atoms with Crippen LogP contribution in [0.2, 0.25) is 0 Å². The molecule has 1 rings (SSSR count). The highest BCUT2D eigenvalue weighted by Gasteiger charge is 2.16. The molecule has 0 saturated carbocycles. The van der Waals surface area contributed by atoms with Crippen LogP contribution in [-0.4, -0.2) is 64.0 Å². The monoisotopic (exact) mass is 355 g/mol. The van der Waals surface area contributed by atoms with Crippen molar-refractivity contribution in [1.82, 2.24) is 25.1 Å². The number of amides is 1. The maximum Gasteiger partial charge on any atom is 0.244 e. The predicted octanol–water partition coefficient (Wildman–Crippen LogP) is -1.53. The minimum atomic E-state index is -3.70. The summed E-state index contributed by atoms with van der Waals surface area (Å²) >= 11 is 0. The molecule has 0 aliphatic heterocycles. The normalized spacial score (nSPS) is 11.0. The molecule has 0 fully saturated rings. The van der Waals surface area contributed by atoms with E-state index < -0.39 is 15.9 Å². The molecule has 0 radical (unpaired) electrons. The van der Waals surface area contributed by atoms with Crippen LogP contribution in [0, 0.1) is 0 Å². The van der Waals surface area contributed by atoms with Gasteiger partial charge < -0.3 is 15.4 Å². The molecule has 0 saturated heterocycles. The van der Waals surface area contributed by atoms with Gasteiger partial charge >= 0.3 is 0 Å². The highest BCUT2D eigenvalue weighted by Crippen LogP contribution is 2.04. The first kappa shape index (κ1) is 20.8. The Morgan fingerprint density at radius 3 is 2.68 bits per heavy atom. The number of nitrogens with one attached hydrogen (secondary N) is 3. The Hall–Kier alpha value is -1.20. The number of carbonyl (C=O) groups is 1. The molecular weight excluding hydrogens is 334 g/mol. The Kier molecular flexibility index (Phi) is 9.94. The van der Waals surface area contributed by atoms with Gasteiger partial charge in [0.1, 0.15) is 4.90 Å². The van der Waals surface area contributed by atoms with Crippen LogP contribution in [0.3, 0.4) is 0 Å². The smallest absolute Gasteiger partial charge is 0.244 e.